The summed E-state index contributed by atoms with van der Waals surface area (Å²) in [6.45, 7) is 4.96. The molecule has 114 valence electrons. The molecule has 1 spiro atoms. The molecule has 0 aromatic carbocycles. The molecular formula is C17H30N2O. The highest BCUT2D eigenvalue weighted by Gasteiger charge is 2.43. The maximum atomic E-state index is 6.58. The Morgan fingerprint density at radius 1 is 1.00 bits per heavy atom. The second-order valence-electron chi connectivity index (χ2n) is 7.65. The summed E-state index contributed by atoms with van der Waals surface area (Å²) in [7, 11) is 0. The van der Waals surface area contributed by atoms with Gasteiger partial charge in [-0.1, -0.05) is 19.3 Å². The molecule has 3 saturated heterocycles. The number of hydrogen-bond donors (Lipinski definition) is 1. The van der Waals surface area contributed by atoms with E-state index in [4.69, 9.17) is 4.74 Å². The van der Waals surface area contributed by atoms with Crippen molar-refractivity contribution < 1.29 is 4.74 Å². The zero-order chi connectivity index (χ0) is 13.4. The van der Waals surface area contributed by atoms with Gasteiger partial charge in [0.1, 0.15) is 0 Å². The van der Waals surface area contributed by atoms with Crippen LogP contribution in [0.5, 0.6) is 0 Å². The molecule has 0 amide bonds. The topological polar surface area (TPSA) is 24.5 Å². The van der Waals surface area contributed by atoms with Crippen LogP contribution in [-0.4, -0.2) is 48.8 Å². The zero-order valence-electron chi connectivity index (χ0n) is 12.8. The molecule has 4 aliphatic rings. The largest absolute Gasteiger partial charge is 0.370 e. The van der Waals surface area contributed by atoms with E-state index in [1.165, 1.54) is 84.0 Å². The van der Waals surface area contributed by atoms with Crippen LogP contribution >= 0.6 is 0 Å². The molecule has 3 heterocycles. The van der Waals surface area contributed by atoms with Gasteiger partial charge in [0, 0.05) is 19.1 Å². The Balaban J connectivity index is 1.35. The quantitative estimate of drug-likeness (QED) is 0.840. The van der Waals surface area contributed by atoms with Crippen LogP contribution in [0.3, 0.4) is 0 Å². The van der Waals surface area contributed by atoms with Gasteiger partial charge in [-0.2, -0.15) is 0 Å². The van der Waals surface area contributed by atoms with Gasteiger partial charge in [-0.3, -0.25) is 4.90 Å². The van der Waals surface area contributed by atoms with Crippen molar-refractivity contribution in [3.05, 3.63) is 0 Å². The third-order valence-corrected chi connectivity index (χ3v) is 6.33. The van der Waals surface area contributed by atoms with Crippen molar-refractivity contribution in [3.63, 3.8) is 0 Å². The normalized spacial score (nSPS) is 41.1. The van der Waals surface area contributed by atoms with E-state index >= 15 is 0 Å². The summed E-state index contributed by atoms with van der Waals surface area (Å²) >= 11 is 0. The Bertz CT molecular complexity index is 340. The van der Waals surface area contributed by atoms with Gasteiger partial charge in [-0.15, -0.1) is 0 Å². The zero-order valence-corrected chi connectivity index (χ0v) is 12.8. The first-order valence-corrected chi connectivity index (χ1v) is 8.97. The van der Waals surface area contributed by atoms with Gasteiger partial charge in [0.05, 0.1) is 11.7 Å². The minimum Gasteiger partial charge on any atom is -0.370 e. The molecule has 3 nitrogen and oxygen atoms in total. The van der Waals surface area contributed by atoms with Crippen LogP contribution in [0.4, 0.5) is 0 Å². The number of likely N-dealkylation sites (tertiary alicyclic amines) is 1. The molecule has 3 aliphatic heterocycles. The van der Waals surface area contributed by atoms with Crippen LogP contribution in [-0.2, 0) is 4.74 Å². The number of piperidine rings is 1. The minimum atomic E-state index is 0.298. The van der Waals surface area contributed by atoms with Crippen molar-refractivity contribution in [1.82, 2.24) is 10.2 Å². The lowest BCUT2D eigenvalue weighted by Crippen LogP contribution is -2.48. The monoisotopic (exact) mass is 278 g/mol. The first-order valence-electron chi connectivity index (χ1n) is 8.97. The van der Waals surface area contributed by atoms with Gasteiger partial charge < -0.3 is 10.1 Å². The van der Waals surface area contributed by atoms with E-state index < -0.39 is 0 Å². The minimum absolute atomic E-state index is 0.298. The predicted octanol–water partition coefficient (Wildman–Crippen LogP) is 2.55. The first-order chi connectivity index (χ1) is 9.85. The molecule has 20 heavy (non-hydrogen) atoms. The van der Waals surface area contributed by atoms with E-state index in [0.717, 1.165) is 12.0 Å². The molecule has 3 unspecified atom stereocenters. The van der Waals surface area contributed by atoms with Crippen LogP contribution in [0.2, 0.25) is 0 Å². The Labute approximate surface area is 123 Å². The van der Waals surface area contributed by atoms with Crippen molar-refractivity contribution in [2.75, 3.05) is 26.2 Å². The fourth-order valence-electron chi connectivity index (χ4n) is 5.24. The van der Waals surface area contributed by atoms with Gasteiger partial charge in [-0.25, -0.2) is 0 Å². The van der Waals surface area contributed by atoms with Crippen molar-refractivity contribution in [1.29, 1.82) is 0 Å². The smallest absolute Gasteiger partial charge is 0.0710 e. The van der Waals surface area contributed by atoms with Crippen molar-refractivity contribution >= 4 is 0 Å². The number of hydrogen-bond acceptors (Lipinski definition) is 3. The fourth-order valence-corrected chi connectivity index (χ4v) is 5.24. The van der Waals surface area contributed by atoms with E-state index in [1.54, 1.807) is 0 Å². The Morgan fingerprint density at radius 3 is 2.80 bits per heavy atom. The molecule has 0 radical (unpaired) electrons. The molecule has 1 saturated carbocycles. The molecule has 0 aromatic rings. The number of ether oxygens (including phenoxy) is 1. The molecule has 3 atom stereocenters. The molecule has 4 fully saturated rings. The average molecular weight is 278 g/mol. The summed E-state index contributed by atoms with van der Waals surface area (Å²) in [6, 6.07) is 0.801. The van der Waals surface area contributed by atoms with Crippen molar-refractivity contribution in [2.24, 2.45) is 5.92 Å². The summed E-state index contributed by atoms with van der Waals surface area (Å²) in [6.07, 6.45) is 12.9. The van der Waals surface area contributed by atoms with Crippen LogP contribution in [0.25, 0.3) is 0 Å². The van der Waals surface area contributed by atoms with Gasteiger partial charge in [0.25, 0.3) is 0 Å². The SMILES string of the molecule is C1CCC2(CC1)CCC(CN1CCCC3CNCC31)O2. The summed E-state index contributed by atoms with van der Waals surface area (Å²) in [5, 5.41) is 3.59. The van der Waals surface area contributed by atoms with Crippen LogP contribution < -0.4 is 5.32 Å². The number of nitrogens with one attached hydrogen (secondary N) is 1. The first kappa shape index (κ1) is 13.5. The van der Waals surface area contributed by atoms with Crippen molar-refractivity contribution in [3.8, 4) is 0 Å². The van der Waals surface area contributed by atoms with Crippen LogP contribution in [0.1, 0.15) is 57.8 Å². The highest BCUT2D eigenvalue weighted by atomic mass is 16.5. The lowest BCUT2D eigenvalue weighted by molar-refractivity contribution is -0.0775. The van der Waals surface area contributed by atoms with Crippen LogP contribution in [0.15, 0.2) is 0 Å². The number of nitrogens with zero attached hydrogens (tertiary/aromatic N) is 1. The molecule has 0 bridgehead atoms. The summed E-state index contributed by atoms with van der Waals surface area (Å²) < 4.78 is 6.58. The van der Waals surface area contributed by atoms with E-state index in [1.807, 2.05) is 0 Å². The second kappa shape index (κ2) is 5.58. The maximum Gasteiger partial charge on any atom is 0.0710 e. The standard InChI is InChI=1S/C17H30N2O/c1-2-7-17(8-3-1)9-6-15(20-17)13-19-10-4-5-14-11-18-12-16(14)19/h14-16,18H,1-13H2. The van der Waals surface area contributed by atoms with E-state index in [9.17, 15) is 0 Å². The third kappa shape index (κ3) is 2.53. The third-order valence-electron chi connectivity index (χ3n) is 6.33. The Morgan fingerprint density at radius 2 is 1.90 bits per heavy atom. The molecule has 4 rings (SSSR count). The van der Waals surface area contributed by atoms with Gasteiger partial charge in [0.2, 0.25) is 0 Å². The lowest BCUT2D eigenvalue weighted by atomic mass is 9.83. The van der Waals surface area contributed by atoms with E-state index in [0.29, 0.717) is 11.7 Å². The Kier molecular flexibility index (Phi) is 3.78. The summed E-state index contributed by atoms with van der Waals surface area (Å²) in [5.74, 6) is 0.911. The Hall–Kier alpha value is -0.120. The van der Waals surface area contributed by atoms with Gasteiger partial charge >= 0.3 is 0 Å². The fraction of sp³-hybridized carbons (Fsp3) is 1.00. The highest BCUT2D eigenvalue weighted by Crippen LogP contribution is 2.42. The molecule has 1 N–H and O–H groups in total. The van der Waals surface area contributed by atoms with Gasteiger partial charge in [0.15, 0.2) is 0 Å². The molecular weight excluding hydrogens is 248 g/mol. The van der Waals surface area contributed by atoms with E-state index in [2.05, 4.69) is 10.2 Å². The summed E-state index contributed by atoms with van der Waals surface area (Å²) in [5.41, 5.74) is 0.298. The predicted molar refractivity (Wildman–Crippen MR) is 80.9 cm³/mol. The van der Waals surface area contributed by atoms with Gasteiger partial charge in [-0.05, 0) is 57.5 Å². The summed E-state index contributed by atoms with van der Waals surface area (Å²) in [4.78, 5) is 2.75. The van der Waals surface area contributed by atoms with E-state index in [-0.39, 0.29) is 0 Å². The average Bonchev–Trinajstić information content (AvgIpc) is 3.08. The lowest BCUT2D eigenvalue weighted by Gasteiger charge is -2.39. The van der Waals surface area contributed by atoms with Crippen molar-refractivity contribution in [2.45, 2.75) is 75.5 Å². The number of fused-ring (bicyclic) bond motifs is 1. The highest BCUT2D eigenvalue weighted by molar-refractivity contribution is 4.96. The second-order valence-corrected chi connectivity index (χ2v) is 7.65. The molecule has 0 aromatic heterocycles. The molecule has 3 heteroatoms. The van der Waals surface area contributed by atoms with Crippen LogP contribution in [0, 0.1) is 5.92 Å². The molecule has 1 aliphatic carbocycles. The maximum absolute atomic E-state index is 6.58. The number of rotatable bonds is 2.